The summed E-state index contributed by atoms with van der Waals surface area (Å²) in [6.45, 7) is 0.123. The number of aromatic nitrogens is 2. The Morgan fingerprint density at radius 3 is 2.50 bits per heavy atom. The quantitative estimate of drug-likeness (QED) is 0.840. The molecule has 0 atom stereocenters. The highest BCUT2D eigenvalue weighted by Gasteiger charge is 2.13. The van der Waals surface area contributed by atoms with Crippen molar-refractivity contribution >= 4 is 46.4 Å². The van der Waals surface area contributed by atoms with Crippen LogP contribution in [0.4, 0.5) is 0 Å². The minimum absolute atomic E-state index is 0.0857. The summed E-state index contributed by atoms with van der Waals surface area (Å²) in [4.78, 5) is 11.9. The molecule has 2 rings (SSSR count). The molecule has 0 amide bonds. The maximum atomic E-state index is 11.9. The monoisotopic (exact) mass is 352 g/mol. The van der Waals surface area contributed by atoms with E-state index in [1.807, 2.05) is 0 Å². The molecule has 1 aromatic carbocycles. The molecular formula is C12H8Cl4N2O2. The van der Waals surface area contributed by atoms with E-state index in [9.17, 15) is 4.79 Å². The summed E-state index contributed by atoms with van der Waals surface area (Å²) in [7, 11) is 1.49. The SMILES string of the molecule is COc1ccc(Cn2ncc(Cl)c(Cl)c2=O)c(Cl)c1Cl. The van der Waals surface area contributed by atoms with Gasteiger partial charge >= 0.3 is 0 Å². The molecular weight excluding hydrogens is 346 g/mol. The number of hydrogen-bond acceptors (Lipinski definition) is 3. The lowest BCUT2D eigenvalue weighted by molar-refractivity contribution is 0.415. The highest BCUT2D eigenvalue weighted by atomic mass is 35.5. The molecule has 4 nitrogen and oxygen atoms in total. The third kappa shape index (κ3) is 2.88. The maximum absolute atomic E-state index is 11.9. The van der Waals surface area contributed by atoms with Gasteiger partial charge in [0, 0.05) is 0 Å². The zero-order valence-electron chi connectivity index (χ0n) is 10.2. The molecule has 1 heterocycles. The molecule has 106 valence electrons. The van der Waals surface area contributed by atoms with Crippen LogP contribution in [0.5, 0.6) is 5.75 Å². The zero-order valence-corrected chi connectivity index (χ0v) is 13.2. The molecule has 8 heteroatoms. The summed E-state index contributed by atoms with van der Waals surface area (Å²) in [5.74, 6) is 0.454. The molecule has 0 aliphatic heterocycles. The van der Waals surface area contributed by atoms with Crippen molar-refractivity contribution in [2.45, 2.75) is 6.54 Å². The first-order valence-corrected chi connectivity index (χ1v) is 6.89. The van der Waals surface area contributed by atoms with Gasteiger partial charge < -0.3 is 4.74 Å². The number of hydrogen-bond donors (Lipinski definition) is 0. The fourth-order valence-electron chi connectivity index (χ4n) is 1.57. The predicted molar refractivity (Wildman–Crippen MR) is 80.6 cm³/mol. The van der Waals surface area contributed by atoms with Crippen molar-refractivity contribution in [2.24, 2.45) is 0 Å². The average Bonchev–Trinajstić information content (AvgIpc) is 2.44. The molecule has 20 heavy (non-hydrogen) atoms. The summed E-state index contributed by atoms with van der Waals surface area (Å²) in [5, 5.41) is 4.49. The van der Waals surface area contributed by atoms with Gasteiger partial charge in [-0.1, -0.05) is 52.5 Å². The molecule has 1 aromatic heterocycles. The van der Waals surface area contributed by atoms with Gasteiger partial charge in [0.1, 0.15) is 15.8 Å². The number of rotatable bonds is 3. The normalized spacial score (nSPS) is 10.7. The molecule has 0 bridgehead atoms. The fraction of sp³-hybridized carbons (Fsp3) is 0.167. The molecule has 0 spiro atoms. The van der Waals surface area contributed by atoms with Crippen LogP contribution >= 0.6 is 46.4 Å². The van der Waals surface area contributed by atoms with Crippen LogP contribution in [0.3, 0.4) is 0 Å². The third-order valence-corrected chi connectivity index (χ3v) is 4.26. The molecule has 2 aromatic rings. The van der Waals surface area contributed by atoms with Gasteiger partial charge in [-0.05, 0) is 11.6 Å². The van der Waals surface area contributed by atoms with Crippen molar-refractivity contribution in [3.05, 3.63) is 54.3 Å². The van der Waals surface area contributed by atoms with Crippen LogP contribution in [-0.2, 0) is 6.54 Å². The number of halogens is 4. The first-order valence-electron chi connectivity index (χ1n) is 5.37. The van der Waals surface area contributed by atoms with Gasteiger partial charge in [-0.25, -0.2) is 4.68 Å². The van der Waals surface area contributed by atoms with Crippen molar-refractivity contribution in [1.82, 2.24) is 9.78 Å². The molecule has 0 aliphatic rings. The second-order valence-electron chi connectivity index (χ2n) is 3.82. The minimum Gasteiger partial charge on any atom is -0.495 e. The smallest absolute Gasteiger partial charge is 0.287 e. The predicted octanol–water partition coefficient (Wildman–Crippen LogP) is 3.91. The number of ether oxygens (including phenoxy) is 1. The Hall–Kier alpha value is -0.940. The topological polar surface area (TPSA) is 44.1 Å². The van der Waals surface area contributed by atoms with Gasteiger partial charge in [0.2, 0.25) is 0 Å². The van der Waals surface area contributed by atoms with Crippen LogP contribution < -0.4 is 10.3 Å². The fourth-order valence-corrected chi connectivity index (χ4v) is 2.32. The van der Waals surface area contributed by atoms with Gasteiger partial charge in [0.05, 0.1) is 29.9 Å². The van der Waals surface area contributed by atoms with Crippen LogP contribution in [0.25, 0.3) is 0 Å². The van der Waals surface area contributed by atoms with Gasteiger partial charge in [0.25, 0.3) is 5.56 Å². The summed E-state index contributed by atoms with van der Waals surface area (Å²) < 4.78 is 6.20. The van der Waals surface area contributed by atoms with Gasteiger partial charge in [-0.3, -0.25) is 4.79 Å². The summed E-state index contributed by atoms with van der Waals surface area (Å²) in [6.07, 6.45) is 1.30. The molecule has 0 unspecified atom stereocenters. The van der Waals surface area contributed by atoms with E-state index in [1.165, 1.54) is 13.3 Å². The van der Waals surface area contributed by atoms with Crippen molar-refractivity contribution in [3.8, 4) is 5.75 Å². The molecule has 0 saturated carbocycles. The largest absolute Gasteiger partial charge is 0.495 e. The third-order valence-electron chi connectivity index (χ3n) is 2.61. The number of methoxy groups -OCH3 is 1. The highest BCUT2D eigenvalue weighted by Crippen LogP contribution is 2.34. The highest BCUT2D eigenvalue weighted by molar-refractivity contribution is 6.43. The first-order chi connectivity index (χ1) is 9.45. The second-order valence-corrected chi connectivity index (χ2v) is 5.37. The molecule has 0 N–H and O–H groups in total. The molecule has 0 fully saturated rings. The molecule has 0 aliphatic carbocycles. The lowest BCUT2D eigenvalue weighted by Gasteiger charge is -2.10. The standard InChI is InChI=1S/C12H8Cl4N2O2/c1-20-8-3-2-6(9(14)11(8)16)5-18-12(19)10(15)7(13)4-17-18/h2-4H,5H2,1H3. The van der Waals surface area contributed by atoms with E-state index in [0.29, 0.717) is 16.3 Å². The minimum atomic E-state index is -0.498. The van der Waals surface area contributed by atoms with E-state index in [0.717, 1.165) is 4.68 Å². The Kier molecular flexibility index (Phi) is 4.81. The molecule has 0 saturated heterocycles. The van der Waals surface area contributed by atoms with Gasteiger partial charge in [-0.15, -0.1) is 0 Å². The Morgan fingerprint density at radius 2 is 1.85 bits per heavy atom. The van der Waals surface area contributed by atoms with E-state index in [1.54, 1.807) is 12.1 Å². The Labute approximate surface area is 134 Å². The Morgan fingerprint density at radius 1 is 1.15 bits per heavy atom. The van der Waals surface area contributed by atoms with Gasteiger partial charge in [0.15, 0.2) is 0 Å². The first kappa shape index (κ1) is 15.4. The van der Waals surface area contributed by atoms with Crippen molar-refractivity contribution in [1.29, 1.82) is 0 Å². The number of benzene rings is 1. The second kappa shape index (κ2) is 6.22. The Bertz CT molecular complexity index is 715. The van der Waals surface area contributed by atoms with Crippen LogP contribution in [-0.4, -0.2) is 16.9 Å². The lowest BCUT2D eigenvalue weighted by Crippen LogP contribution is -2.23. The zero-order chi connectivity index (χ0) is 14.9. The van der Waals surface area contributed by atoms with Crippen molar-refractivity contribution < 1.29 is 4.74 Å². The van der Waals surface area contributed by atoms with Crippen LogP contribution in [0.15, 0.2) is 23.1 Å². The number of nitrogens with zero attached hydrogens (tertiary/aromatic N) is 2. The van der Waals surface area contributed by atoms with Crippen molar-refractivity contribution in [3.63, 3.8) is 0 Å². The summed E-state index contributed by atoms with van der Waals surface area (Å²) in [5.41, 5.74) is 0.118. The van der Waals surface area contributed by atoms with E-state index < -0.39 is 5.56 Å². The summed E-state index contributed by atoms with van der Waals surface area (Å²) >= 11 is 23.7. The van der Waals surface area contributed by atoms with Crippen LogP contribution in [0, 0.1) is 0 Å². The van der Waals surface area contributed by atoms with Gasteiger partial charge in [-0.2, -0.15) is 5.10 Å². The van der Waals surface area contributed by atoms with Crippen molar-refractivity contribution in [2.75, 3.05) is 7.11 Å². The summed E-state index contributed by atoms with van der Waals surface area (Å²) in [6, 6.07) is 3.36. The van der Waals surface area contributed by atoms with E-state index in [4.69, 9.17) is 51.1 Å². The van der Waals surface area contributed by atoms with E-state index in [-0.39, 0.29) is 21.6 Å². The molecule has 0 radical (unpaired) electrons. The average molecular weight is 354 g/mol. The van der Waals surface area contributed by atoms with Crippen LogP contribution in [0.1, 0.15) is 5.56 Å². The maximum Gasteiger partial charge on any atom is 0.287 e. The van der Waals surface area contributed by atoms with E-state index >= 15 is 0 Å². The Balaban J connectivity index is 2.44. The lowest BCUT2D eigenvalue weighted by atomic mass is 10.2. The van der Waals surface area contributed by atoms with E-state index in [2.05, 4.69) is 5.10 Å². The van der Waals surface area contributed by atoms with Crippen LogP contribution in [0.2, 0.25) is 20.1 Å².